The van der Waals surface area contributed by atoms with Gasteiger partial charge in [0.05, 0.1) is 7.11 Å². The second-order valence-electron chi connectivity index (χ2n) is 8.59. The van der Waals surface area contributed by atoms with Crippen molar-refractivity contribution >= 4 is 11.6 Å². The largest absolute Gasteiger partial charge is 0.497 e. The smallest absolute Gasteiger partial charge is 0.258 e. The summed E-state index contributed by atoms with van der Waals surface area (Å²) in [5.41, 5.74) is 2.44. The maximum Gasteiger partial charge on any atom is 0.258 e. The van der Waals surface area contributed by atoms with Crippen LogP contribution in [0.15, 0.2) is 48.5 Å². The minimum absolute atomic E-state index is 0.0479. The monoisotopic (exact) mass is 396 g/mol. The van der Waals surface area contributed by atoms with Crippen molar-refractivity contribution < 1.29 is 14.3 Å². The van der Waals surface area contributed by atoms with Gasteiger partial charge in [-0.3, -0.25) is 4.79 Å². The van der Waals surface area contributed by atoms with E-state index in [9.17, 15) is 4.79 Å². The molecule has 1 aliphatic rings. The van der Waals surface area contributed by atoms with Crippen molar-refractivity contribution in [3.8, 4) is 11.5 Å². The van der Waals surface area contributed by atoms with Gasteiger partial charge in [-0.15, -0.1) is 0 Å². The van der Waals surface area contributed by atoms with Crippen LogP contribution in [0.2, 0.25) is 0 Å². The van der Waals surface area contributed by atoms with Gasteiger partial charge < -0.3 is 19.7 Å². The third-order valence-electron chi connectivity index (χ3n) is 5.37. The van der Waals surface area contributed by atoms with Crippen LogP contribution in [-0.2, 0) is 10.2 Å². The van der Waals surface area contributed by atoms with Gasteiger partial charge in [-0.2, -0.15) is 0 Å². The fourth-order valence-corrected chi connectivity index (χ4v) is 3.55. The molecule has 0 saturated carbocycles. The third kappa shape index (κ3) is 5.89. The number of carbonyl (C=O) groups excluding carboxylic acids is 1. The number of carbonyl (C=O) groups is 1. The molecule has 1 fully saturated rings. The number of amides is 1. The van der Waals surface area contributed by atoms with Gasteiger partial charge >= 0.3 is 0 Å². The molecular weight excluding hydrogens is 364 g/mol. The van der Waals surface area contributed by atoms with Crippen LogP contribution < -0.4 is 19.7 Å². The molecule has 1 aliphatic heterocycles. The molecule has 3 rings (SSSR count). The summed E-state index contributed by atoms with van der Waals surface area (Å²) in [5.74, 6) is 1.54. The fraction of sp³-hybridized carbons (Fsp3) is 0.458. The highest BCUT2D eigenvalue weighted by atomic mass is 16.5. The van der Waals surface area contributed by atoms with Crippen LogP contribution in [0.1, 0.15) is 39.2 Å². The number of rotatable bonds is 6. The van der Waals surface area contributed by atoms with Crippen molar-refractivity contribution in [1.82, 2.24) is 5.32 Å². The van der Waals surface area contributed by atoms with E-state index in [1.54, 1.807) is 7.11 Å². The highest BCUT2D eigenvalue weighted by Gasteiger charge is 2.21. The lowest BCUT2D eigenvalue weighted by atomic mass is 9.87. The van der Waals surface area contributed by atoms with Crippen molar-refractivity contribution in [2.45, 2.75) is 45.1 Å². The zero-order valence-electron chi connectivity index (χ0n) is 17.9. The number of nitrogens with zero attached hydrogens (tertiary/aromatic N) is 1. The van der Waals surface area contributed by atoms with Crippen LogP contribution in [0.4, 0.5) is 5.69 Å². The molecule has 0 aromatic heterocycles. The number of piperidine rings is 1. The van der Waals surface area contributed by atoms with Gasteiger partial charge in [-0.25, -0.2) is 0 Å². The topological polar surface area (TPSA) is 50.8 Å². The van der Waals surface area contributed by atoms with Gasteiger partial charge in [-0.05, 0) is 60.2 Å². The summed E-state index contributed by atoms with van der Waals surface area (Å²) in [6, 6.07) is 16.3. The Morgan fingerprint density at radius 2 is 1.76 bits per heavy atom. The molecule has 2 aromatic rings. The van der Waals surface area contributed by atoms with E-state index >= 15 is 0 Å². The summed E-state index contributed by atoms with van der Waals surface area (Å²) < 4.78 is 10.9. The Bertz CT molecular complexity index is 804. The first-order valence-corrected chi connectivity index (χ1v) is 10.3. The molecule has 29 heavy (non-hydrogen) atoms. The average Bonchev–Trinajstić information content (AvgIpc) is 2.72. The molecule has 5 nitrogen and oxygen atoms in total. The Morgan fingerprint density at radius 1 is 1.07 bits per heavy atom. The van der Waals surface area contributed by atoms with Crippen molar-refractivity contribution in [3.63, 3.8) is 0 Å². The lowest BCUT2D eigenvalue weighted by Crippen LogP contribution is -2.46. The van der Waals surface area contributed by atoms with Crippen LogP contribution >= 0.6 is 0 Å². The predicted molar refractivity (Wildman–Crippen MR) is 117 cm³/mol. The molecule has 5 heteroatoms. The van der Waals surface area contributed by atoms with Gasteiger partial charge in [0, 0.05) is 24.8 Å². The zero-order valence-corrected chi connectivity index (χ0v) is 17.9. The molecule has 0 bridgehead atoms. The molecule has 1 heterocycles. The highest BCUT2D eigenvalue weighted by molar-refractivity contribution is 5.77. The van der Waals surface area contributed by atoms with Crippen LogP contribution in [-0.4, -0.2) is 38.8 Å². The molecule has 0 spiro atoms. The summed E-state index contributed by atoms with van der Waals surface area (Å²) in [4.78, 5) is 14.7. The second-order valence-corrected chi connectivity index (χ2v) is 8.59. The van der Waals surface area contributed by atoms with Gasteiger partial charge in [0.2, 0.25) is 0 Å². The van der Waals surface area contributed by atoms with E-state index in [2.05, 4.69) is 49.2 Å². The maximum absolute atomic E-state index is 12.3. The molecule has 0 atom stereocenters. The fourth-order valence-electron chi connectivity index (χ4n) is 3.55. The molecule has 0 unspecified atom stereocenters. The zero-order chi connectivity index (χ0) is 20.9. The molecule has 156 valence electrons. The minimum Gasteiger partial charge on any atom is -0.497 e. The Labute approximate surface area is 174 Å². The van der Waals surface area contributed by atoms with Gasteiger partial charge in [0.1, 0.15) is 11.5 Å². The third-order valence-corrected chi connectivity index (χ3v) is 5.37. The van der Waals surface area contributed by atoms with Crippen LogP contribution in [0.25, 0.3) is 0 Å². The number of benzene rings is 2. The van der Waals surface area contributed by atoms with E-state index in [0.717, 1.165) is 37.4 Å². The van der Waals surface area contributed by atoms with Crippen LogP contribution in [0.3, 0.4) is 0 Å². The normalized spacial score (nSPS) is 15.1. The summed E-state index contributed by atoms with van der Waals surface area (Å²) in [5, 5.41) is 3.11. The second kappa shape index (κ2) is 9.21. The predicted octanol–water partition coefficient (Wildman–Crippen LogP) is 4.16. The van der Waals surface area contributed by atoms with Crippen LogP contribution in [0.5, 0.6) is 11.5 Å². The number of hydrogen-bond donors (Lipinski definition) is 1. The van der Waals surface area contributed by atoms with Crippen molar-refractivity contribution in [2.24, 2.45) is 0 Å². The minimum atomic E-state index is -0.0611. The van der Waals surface area contributed by atoms with Crippen molar-refractivity contribution in [3.05, 3.63) is 54.1 Å². The molecular formula is C24H32N2O3. The van der Waals surface area contributed by atoms with E-state index in [-0.39, 0.29) is 24.0 Å². The molecule has 2 aromatic carbocycles. The van der Waals surface area contributed by atoms with Crippen molar-refractivity contribution in [1.29, 1.82) is 0 Å². The first kappa shape index (κ1) is 21.0. The quantitative estimate of drug-likeness (QED) is 0.797. The average molecular weight is 397 g/mol. The lowest BCUT2D eigenvalue weighted by molar-refractivity contribution is -0.123. The molecule has 0 aliphatic carbocycles. The SMILES string of the molecule is COc1ccc(N2CCC(NC(=O)COc3cccc(C(C)(C)C)c3)CC2)cc1. The van der Waals surface area contributed by atoms with Gasteiger partial charge in [0.25, 0.3) is 5.91 Å². The molecule has 1 amide bonds. The van der Waals surface area contributed by atoms with Crippen molar-refractivity contribution in [2.75, 3.05) is 31.7 Å². The number of anilines is 1. The number of nitrogens with one attached hydrogen (secondary N) is 1. The number of methoxy groups -OCH3 is 1. The Morgan fingerprint density at radius 3 is 2.38 bits per heavy atom. The van der Waals surface area contributed by atoms with E-state index in [0.29, 0.717) is 0 Å². The van der Waals surface area contributed by atoms with E-state index in [1.807, 2.05) is 30.3 Å². The summed E-state index contributed by atoms with van der Waals surface area (Å²) in [6.45, 7) is 8.38. The summed E-state index contributed by atoms with van der Waals surface area (Å²) in [7, 11) is 1.67. The van der Waals surface area contributed by atoms with E-state index in [4.69, 9.17) is 9.47 Å². The Balaban J connectivity index is 1.44. The summed E-state index contributed by atoms with van der Waals surface area (Å²) >= 11 is 0. The molecule has 1 saturated heterocycles. The highest BCUT2D eigenvalue weighted by Crippen LogP contribution is 2.26. The number of hydrogen-bond acceptors (Lipinski definition) is 4. The van der Waals surface area contributed by atoms with E-state index < -0.39 is 0 Å². The van der Waals surface area contributed by atoms with Crippen LogP contribution in [0, 0.1) is 0 Å². The Kier molecular flexibility index (Phi) is 6.68. The first-order chi connectivity index (χ1) is 13.8. The Hall–Kier alpha value is -2.69. The first-order valence-electron chi connectivity index (χ1n) is 10.3. The maximum atomic E-state index is 12.3. The van der Waals surface area contributed by atoms with Gasteiger partial charge in [0.15, 0.2) is 6.61 Å². The van der Waals surface area contributed by atoms with E-state index in [1.165, 1.54) is 11.3 Å². The lowest BCUT2D eigenvalue weighted by Gasteiger charge is -2.34. The molecule has 0 radical (unpaired) electrons. The summed E-state index contributed by atoms with van der Waals surface area (Å²) in [6.07, 6.45) is 1.86. The van der Waals surface area contributed by atoms with Gasteiger partial charge in [-0.1, -0.05) is 32.9 Å². The standard InChI is InChI=1S/C24H32N2O3/c1-24(2,3)18-6-5-7-22(16-18)29-17-23(27)25-19-12-14-26(15-13-19)20-8-10-21(28-4)11-9-20/h5-11,16,19H,12-15,17H2,1-4H3,(H,25,27). The molecule has 1 N–H and O–H groups in total. The number of ether oxygens (including phenoxy) is 2.